The van der Waals surface area contributed by atoms with Gasteiger partial charge in [-0.25, -0.2) is 0 Å². The molecule has 1 N–H and O–H groups in total. The summed E-state index contributed by atoms with van der Waals surface area (Å²) >= 11 is 1.63. The number of anilines is 2. The van der Waals surface area contributed by atoms with Gasteiger partial charge in [0.25, 0.3) is 5.91 Å². The number of thioether (sulfide) groups is 1. The van der Waals surface area contributed by atoms with Crippen LogP contribution in [0.1, 0.15) is 73.1 Å². The Kier molecular flexibility index (Phi) is 11.5. The Morgan fingerprint density at radius 1 is 1.11 bits per heavy atom. The Morgan fingerprint density at radius 2 is 1.78 bits per heavy atom. The van der Waals surface area contributed by atoms with Gasteiger partial charge >= 0.3 is 5.97 Å². The quantitative estimate of drug-likeness (QED) is 0.130. The van der Waals surface area contributed by atoms with Crippen LogP contribution in [0.5, 0.6) is 0 Å². The summed E-state index contributed by atoms with van der Waals surface area (Å²) in [6.45, 7) is 20.1. The van der Waals surface area contributed by atoms with Gasteiger partial charge < -0.3 is 24.5 Å². The number of carbonyl (C=O) groups excluding carboxylic acids is 3. The normalized spacial score (nSPS) is 28.0. The number of rotatable bonds is 17. The number of likely N-dealkylation sites (tertiary alicyclic amines) is 1. The Labute approximate surface area is 274 Å². The van der Waals surface area contributed by atoms with E-state index in [1.165, 1.54) is 0 Å². The number of hydrogen-bond donors (Lipinski definition) is 1. The monoisotopic (exact) mass is 639 g/mol. The highest BCUT2D eigenvalue weighted by Gasteiger charge is 2.78. The maximum atomic E-state index is 15.0. The third-order valence-corrected chi connectivity index (χ3v) is 12.4. The van der Waals surface area contributed by atoms with Gasteiger partial charge in [0.05, 0.1) is 35.8 Å². The Bertz CT molecular complexity index is 1240. The molecule has 2 bridgehead atoms. The highest BCUT2D eigenvalue weighted by atomic mass is 32.2. The van der Waals surface area contributed by atoms with E-state index in [4.69, 9.17) is 4.74 Å². The SMILES string of the molecule is C=CCCCCOC(=O)[C@@H]1[C@H]2C(=O)N([C@@H](CO)[C@@H](C)CC)C(C(=O)N(CC=C)c3ccc(N(CC)CC)cc3)C23CC[C@@]1(C)S3. The van der Waals surface area contributed by atoms with Crippen LogP contribution in [0.25, 0.3) is 0 Å². The van der Waals surface area contributed by atoms with E-state index in [0.29, 0.717) is 19.4 Å². The van der Waals surface area contributed by atoms with Crippen LogP contribution in [0, 0.1) is 17.8 Å². The van der Waals surface area contributed by atoms with Crippen molar-refractivity contribution in [1.82, 2.24) is 4.90 Å². The smallest absolute Gasteiger partial charge is 0.311 e. The number of amides is 2. The van der Waals surface area contributed by atoms with E-state index in [2.05, 4.69) is 38.8 Å². The van der Waals surface area contributed by atoms with Gasteiger partial charge in [0.1, 0.15) is 6.04 Å². The van der Waals surface area contributed by atoms with Gasteiger partial charge in [0.2, 0.25) is 5.91 Å². The van der Waals surface area contributed by atoms with Crippen molar-refractivity contribution in [1.29, 1.82) is 0 Å². The molecule has 3 aliphatic heterocycles. The number of carbonyl (C=O) groups is 3. The summed E-state index contributed by atoms with van der Waals surface area (Å²) in [5.41, 5.74) is 1.80. The van der Waals surface area contributed by atoms with E-state index in [1.54, 1.807) is 27.6 Å². The number of benzene rings is 1. The first-order chi connectivity index (χ1) is 21.6. The Balaban J connectivity index is 1.76. The van der Waals surface area contributed by atoms with Gasteiger partial charge in [0, 0.05) is 35.8 Å². The predicted octanol–water partition coefficient (Wildman–Crippen LogP) is 5.84. The lowest BCUT2D eigenvalue weighted by Crippen LogP contribution is -2.58. The summed E-state index contributed by atoms with van der Waals surface area (Å²) in [5.74, 6) is -2.15. The third-order valence-electron chi connectivity index (χ3n) is 10.5. The summed E-state index contributed by atoms with van der Waals surface area (Å²) in [4.78, 5) is 49.1. The minimum atomic E-state index is -0.833. The molecule has 0 radical (unpaired) electrons. The number of aliphatic hydroxyl groups excluding tert-OH is 1. The van der Waals surface area contributed by atoms with Crippen LogP contribution in [-0.4, -0.2) is 82.2 Å². The summed E-state index contributed by atoms with van der Waals surface area (Å²) < 4.78 is 4.51. The average molecular weight is 640 g/mol. The molecule has 1 spiro atoms. The number of aliphatic hydroxyl groups is 1. The fourth-order valence-electron chi connectivity index (χ4n) is 7.86. The summed E-state index contributed by atoms with van der Waals surface area (Å²) in [6.07, 6.45) is 8.11. The zero-order valence-corrected chi connectivity index (χ0v) is 28.7. The highest BCUT2D eigenvalue weighted by molar-refractivity contribution is 8.02. The van der Waals surface area contributed by atoms with E-state index < -0.39 is 33.4 Å². The molecule has 9 heteroatoms. The van der Waals surface area contributed by atoms with Crippen LogP contribution in [0.3, 0.4) is 0 Å². The molecule has 0 saturated carbocycles. The molecule has 3 aliphatic rings. The lowest BCUT2D eigenvalue weighted by Gasteiger charge is -2.41. The lowest BCUT2D eigenvalue weighted by molar-refractivity contribution is -0.156. The first-order valence-corrected chi connectivity index (χ1v) is 17.6. The van der Waals surface area contributed by atoms with Crippen LogP contribution in [0.15, 0.2) is 49.6 Å². The molecule has 45 heavy (non-hydrogen) atoms. The molecule has 3 fully saturated rings. The molecule has 1 aromatic rings. The second-order valence-corrected chi connectivity index (χ2v) is 14.9. The molecule has 2 amide bonds. The molecule has 8 nitrogen and oxygen atoms in total. The van der Waals surface area contributed by atoms with Crippen molar-refractivity contribution in [2.75, 3.05) is 42.6 Å². The number of ether oxygens (including phenoxy) is 1. The molecular formula is C36H53N3O5S. The van der Waals surface area contributed by atoms with Gasteiger partial charge in [-0.1, -0.05) is 32.4 Å². The van der Waals surface area contributed by atoms with Gasteiger partial charge in [-0.3, -0.25) is 14.4 Å². The largest absolute Gasteiger partial charge is 0.465 e. The zero-order valence-electron chi connectivity index (χ0n) is 27.9. The standard InChI is InChI=1S/C36H53N3O5S/c1-8-13-14-15-23-44-34(43)30-29-32(41)39(28(24-40)25(6)10-3)31(36(29)21-20-35(30,7)45-36)33(42)38(22-9-2)27-18-16-26(17-19-27)37(11-4)12-5/h8-9,16-19,25,28-31,40H,1-2,10-15,20-24H2,3-7H3/t25-,28-,29-,30-,31?,35+,36?/m0/s1. The maximum Gasteiger partial charge on any atom is 0.311 e. The fourth-order valence-corrected chi connectivity index (χ4v) is 10.2. The van der Waals surface area contributed by atoms with Crippen molar-refractivity contribution in [3.63, 3.8) is 0 Å². The number of hydrogen-bond acceptors (Lipinski definition) is 7. The van der Waals surface area contributed by atoms with Gasteiger partial charge in [0.15, 0.2) is 0 Å². The number of esters is 1. The van der Waals surface area contributed by atoms with Crippen LogP contribution in [-0.2, 0) is 19.1 Å². The van der Waals surface area contributed by atoms with E-state index in [1.807, 2.05) is 44.2 Å². The van der Waals surface area contributed by atoms with Crippen LogP contribution < -0.4 is 9.80 Å². The highest BCUT2D eigenvalue weighted by Crippen LogP contribution is 2.72. The zero-order chi connectivity index (χ0) is 32.9. The van der Waals surface area contributed by atoms with E-state index in [9.17, 15) is 19.5 Å². The van der Waals surface area contributed by atoms with E-state index >= 15 is 0 Å². The number of fused-ring (bicyclic) bond motifs is 1. The molecule has 2 unspecified atom stereocenters. The first-order valence-electron chi connectivity index (χ1n) is 16.8. The van der Waals surface area contributed by atoms with Crippen molar-refractivity contribution < 1.29 is 24.2 Å². The molecule has 7 atom stereocenters. The number of nitrogens with zero attached hydrogens (tertiary/aromatic N) is 3. The summed E-state index contributed by atoms with van der Waals surface area (Å²) in [6, 6.07) is 6.58. The first kappa shape index (κ1) is 35.1. The van der Waals surface area contributed by atoms with E-state index in [-0.39, 0.29) is 36.9 Å². The Hall–Kier alpha value is -2.78. The third kappa shape index (κ3) is 6.31. The van der Waals surface area contributed by atoms with Crippen molar-refractivity contribution in [3.8, 4) is 0 Å². The van der Waals surface area contributed by atoms with Crippen molar-refractivity contribution in [2.24, 2.45) is 17.8 Å². The molecule has 3 heterocycles. The number of allylic oxidation sites excluding steroid dienone is 1. The van der Waals surface area contributed by atoms with Crippen LogP contribution >= 0.6 is 11.8 Å². The summed E-state index contributed by atoms with van der Waals surface area (Å²) in [5, 5.41) is 10.7. The minimum Gasteiger partial charge on any atom is -0.465 e. The predicted molar refractivity (Wildman–Crippen MR) is 183 cm³/mol. The molecule has 3 saturated heterocycles. The molecule has 0 aliphatic carbocycles. The van der Waals surface area contributed by atoms with Crippen LogP contribution in [0.4, 0.5) is 11.4 Å². The van der Waals surface area contributed by atoms with Crippen molar-refractivity contribution >= 4 is 40.9 Å². The lowest BCUT2D eigenvalue weighted by atomic mass is 9.66. The molecule has 1 aromatic carbocycles. The fraction of sp³-hybridized carbons (Fsp3) is 0.639. The molecular weight excluding hydrogens is 586 g/mol. The minimum absolute atomic E-state index is 0.0428. The number of unbranched alkanes of at least 4 members (excludes halogenated alkanes) is 2. The summed E-state index contributed by atoms with van der Waals surface area (Å²) in [7, 11) is 0. The molecule has 248 valence electrons. The topological polar surface area (TPSA) is 90.4 Å². The van der Waals surface area contributed by atoms with Crippen molar-refractivity contribution in [3.05, 3.63) is 49.6 Å². The van der Waals surface area contributed by atoms with Crippen molar-refractivity contribution in [2.45, 2.75) is 94.7 Å². The second kappa shape index (κ2) is 14.8. The second-order valence-electron chi connectivity index (χ2n) is 13.0. The van der Waals surface area contributed by atoms with Gasteiger partial charge in [-0.05, 0) is 83.1 Å². The maximum absolute atomic E-state index is 15.0. The molecule has 4 rings (SSSR count). The molecule has 0 aromatic heterocycles. The van der Waals surface area contributed by atoms with Crippen LogP contribution in [0.2, 0.25) is 0 Å². The van der Waals surface area contributed by atoms with Gasteiger partial charge in [-0.15, -0.1) is 24.9 Å². The van der Waals surface area contributed by atoms with Gasteiger partial charge in [-0.2, -0.15) is 0 Å². The Morgan fingerprint density at radius 3 is 2.36 bits per heavy atom. The van der Waals surface area contributed by atoms with E-state index in [0.717, 1.165) is 50.1 Å². The average Bonchev–Trinajstić information content (AvgIpc) is 3.61.